The molecule has 29 heavy (non-hydrogen) atoms. The fraction of sp³-hybridized carbons (Fsp3) is 0.0455. The number of aromatic amines is 1. The number of carbonyl (C=O) groups is 1. The Bertz CT molecular complexity index is 1260. The zero-order chi connectivity index (χ0) is 20.4. The van der Waals surface area contributed by atoms with Gasteiger partial charge < -0.3 is 14.1 Å². The lowest BCUT2D eigenvalue weighted by Gasteiger charge is -2.04. The van der Waals surface area contributed by atoms with Crippen LogP contribution in [0.3, 0.4) is 0 Å². The van der Waals surface area contributed by atoms with Gasteiger partial charge in [0.15, 0.2) is 0 Å². The number of benzene rings is 2. The SMILES string of the molecule is COC(=O)c1cc(-c2ccc(/C=C(/C#N)c3nc4ccccc4[nH]3)o2)ccc1Cl. The van der Waals surface area contributed by atoms with Crippen LogP contribution in [0.25, 0.3) is 34.0 Å². The summed E-state index contributed by atoms with van der Waals surface area (Å²) < 4.78 is 10.6. The summed E-state index contributed by atoms with van der Waals surface area (Å²) in [5.41, 5.74) is 2.88. The molecule has 1 N–H and O–H groups in total. The maximum atomic E-state index is 11.8. The van der Waals surface area contributed by atoms with Crippen molar-refractivity contribution in [2.75, 3.05) is 7.11 Å². The van der Waals surface area contributed by atoms with Gasteiger partial charge in [0.25, 0.3) is 0 Å². The first-order valence-electron chi connectivity index (χ1n) is 8.64. The summed E-state index contributed by atoms with van der Waals surface area (Å²) in [5, 5.41) is 9.85. The van der Waals surface area contributed by atoms with E-state index in [9.17, 15) is 10.1 Å². The number of fused-ring (bicyclic) bond motifs is 1. The molecule has 0 aliphatic rings. The standard InChI is InChI=1S/C22H14ClN3O3/c1-28-22(27)16-11-13(6-8-17(16)23)20-9-7-15(29-20)10-14(12-24)21-25-18-4-2-3-5-19(18)26-21/h2-11H,1H3,(H,25,26)/b14-10-. The molecule has 0 aliphatic heterocycles. The van der Waals surface area contributed by atoms with Crippen LogP contribution < -0.4 is 0 Å². The molecular weight excluding hydrogens is 390 g/mol. The molecule has 0 saturated carbocycles. The Labute approximate surface area is 171 Å². The number of halogens is 1. The predicted molar refractivity (Wildman–Crippen MR) is 110 cm³/mol. The van der Waals surface area contributed by atoms with Crippen molar-refractivity contribution in [3.63, 3.8) is 0 Å². The van der Waals surface area contributed by atoms with E-state index in [0.29, 0.717) is 33.5 Å². The molecule has 2 aromatic carbocycles. The molecule has 0 bridgehead atoms. The third-order valence-electron chi connectivity index (χ3n) is 4.33. The number of methoxy groups -OCH3 is 1. The lowest BCUT2D eigenvalue weighted by molar-refractivity contribution is 0.0601. The second kappa shape index (κ2) is 7.66. The van der Waals surface area contributed by atoms with E-state index in [-0.39, 0.29) is 5.56 Å². The van der Waals surface area contributed by atoms with E-state index in [1.165, 1.54) is 7.11 Å². The summed E-state index contributed by atoms with van der Waals surface area (Å²) in [5.74, 6) is 0.942. The van der Waals surface area contributed by atoms with Gasteiger partial charge in [0.1, 0.15) is 23.4 Å². The van der Waals surface area contributed by atoms with Gasteiger partial charge in [-0.1, -0.05) is 23.7 Å². The van der Waals surface area contributed by atoms with Crippen LogP contribution in [0.1, 0.15) is 21.9 Å². The highest BCUT2D eigenvalue weighted by Gasteiger charge is 2.14. The summed E-state index contributed by atoms with van der Waals surface area (Å²) in [4.78, 5) is 19.4. The van der Waals surface area contributed by atoms with Crippen molar-refractivity contribution < 1.29 is 13.9 Å². The Kier molecular flexibility index (Phi) is 4.90. The average molecular weight is 404 g/mol. The van der Waals surface area contributed by atoms with Crippen molar-refractivity contribution in [1.82, 2.24) is 9.97 Å². The third-order valence-corrected chi connectivity index (χ3v) is 4.66. The number of furan rings is 1. The molecule has 142 valence electrons. The molecule has 0 amide bonds. The van der Waals surface area contributed by atoms with Gasteiger partial charge in [0.2, 0.25) is 0 Å². The van der Waals surface area contributed by atoms with Crippen LogP contribution in [0.2, 0.25) is 5.02 Å². The monoisotopic (exact) mass is 403 g/mol. The molecule has 2 heterocycles. The predicted octanol–water partition coefficient (Wildman–Crippen LogP) is 5.33. The van der Waals surface area contributed by atoms with Crippen LogP contribution in [0.4, 0.5) is 0 Å². The Morgan fingerprint density at radius 2 is 2.07 bits per heavy atom. The smallest absolute Gasteiger partial charge is 0.339 e. The summed E-state index contributed by atoms with van der Waals surface area (Å²) >= 11 is 6.06. The molecule has 2 aromatic heterocycles. The molecule has 0 unspecified atom stereocenters. The van der Waals surface area contributed by atoms with Crippen LogP contribution in [-0.4, -0.2) is 23.0 Å². The molecule has 0 aliphatic carbocycles. The summed E-state index contributed by atoms with van der Waals surface area (Å²) in [6.07, 6.45) is 1.61. The lowest BCUT2D eigenvalue weighted by Crippen LogP contribution is -2.02. The number of carbonyl (C=O) groups excluding carboxylic acids is 1. The Balaban J connectivity index is 1.68. The van der Waals surface area contributed by atoms with E-state index >= 15 is 0 Å². The number of nitrogens with one attached hydrogen (secondary N) is 1. The van der Waals surface area contributed by atoms with Gasteiger partial charge in [-0.05, 0) is 42.5 Å². The molecule has 0 saturated heterocycles. The molecule has 4 rings (SSSR count). The quantitative estimate of drug-likeness (QED) is 0.367. The molecule has 6 nitrogen and oxygen atoms in total. The molecule has 4 aromatic rings. The van der Waals surface area contributed by atoms with Gasteiger partial charge in [-0.15, -0.1) is 0 Å². The topological polar surface area (TPSA) is 91.9 Å². The maximum absolute atomic E-state index is 11.8. The molecular formula is C22H14ClN3O3. The first-order valence-corrected chi connectivity index (χ1v) is 9.02. The first kappa shape index (κ1) is 18.5. The number of allylic oxidation sites excluding steroid dienone is 1. The minimum absolute atomic E-state index is 0.250. The van der Waals surface area contributed by atoms with Crippen molar-refractivity contribution in [2.45, 2.75) is 0 Å². The Morgan fingerprint density at radius 1 is 1.24 bits per heavy atom. The van der Waals surface area contributed by atoms with Crippen molar-refractivity contribution >= 4 is 40.3 Å². The van der Waals surface area contributed by atoms with Crippen LogP contribution in [0.15, 0.2) is 59.0 Å². The van der Waals surface area contributed by atoms with Crippen LogP contribution >= 0.6 is 11.6 Å². The number of hydrogen-bond donors (Lipinski definition) is 1. The normalized spacial score (nSPS) is 11.4. The highest BCUT2D eigenvalue weighted by atomic mass is 35.5. The fourth-order valence-corrected chi connectivity index (χ4v) is 3.10. The van der Waals surface area contributed by atoms with Crippen molar-refractivity contribution in [2.24, 2.45) is 0 Å². The van der Waals surface area contributed by atoms with E-state index in [1.54, 1.807) is 36.4 Å². The van der Waals surface area contributed by atoms with Gasteiger partial charge in [0.05, 0.1) is 34.3 Å². The number of hydrogen-bond acceptors (Lipinski definition) is 5. The molecule has 7 heteroatoms. The zero-order valence-corrected chi connectivity index (χ0v) is 16.0. The van der Waals surface area contributed by atoms with Crippen LogP contribution in [-0.2, 0) is 4.74 Å². The van der Waals surface area contributed by atoms with E-state index in [2.05, 4.69) is 16.0 Å². The van der Waals surface area contributed by atoms with Gasteiger partial charge in [-0.3, -0.25) is 0 Å². The maximum Gasteiger partial charge on any atom is 0.339 e. The van der Waals surface area contributed by atoms with Crippen LogP contribution in [0.5, 0.6) is 0 Å². The van der Waals surface area contributed by atoms with Gasteiger partial charge in [-0.25, -0.2) is 9.78 Å². The number of imidazole rings is 1. The van der Waals surface area contributed by atoms with E-state index < -0.39 is 5.97 Å². The van der Waals surface area contributed by atoms with Gasteiger partial charge in [0, 0.05) is 11.6 Å². The second-order valence-electron chi connectivity index (χ2n) is 6.16. The largest absolute Gasteiger partial charge is 0.465 e. The minimum Gasteiger partial charge on any atom is -0.465 e. The Hall–Kier alpha value is -3.82. The number of ether oxygens (including phenoxy) is 1. The van der Waals surface area contributed by atoms with Gasteiger partial charge >= 0.3 is 5.97 Å². The highest BCUT2D eigenvalue weighted by Crippen LogP contribution is 2.29. The number of aromatic nitrogens is 2. The summed E-state index contributed by atoms with van der Waals surface area (Å²) in [6, 6.07) is 18.1. The highest BCUT2D eigenvalue weighted by molar-refractivity contribution is 6.33. The van der Waals surface area contributed by atoms with E-state index in [0.717, 1.165) is 11.0 Å². The van der Waals surface area contributed by atoms with E-state index in [4.69, 9.17) is 20.8 Å². The van der Waals surface area contributed by atoms with E-state index in [1.807, 2.05) is 24.3 Å². The summed E-state index contributed by atoms with van der Waals surface area (Å²) in [6.45, 7) is 0. The third kappa shape index (κ3) is 3.64. The number of para-hydroxylation sites is 2. The fourth-order valence-electron chi connectivity index (χ4n) is 2.91. The lowest BCUT2D eigenvalue weighted by atomic mass is 10.1. The Morgan fingerprint density at radius 3 is 2.83 bits per heavy atom. The molecule has 0 fully saturated rings. The number of H-pyrrole nitrogens is 1. The zero-order valence-electron chi connectivity index (χ0n) is 15.3. The average Bonchev–Trinajstić information content (AvgIpc) is 3.38. The minimum atomic E-state index is -0.528. The van der Waals surface area contributed by atoms with Gasteiger partial charge in [-0.2, -0.15) is 5.26 Å². The van der Waals surface area contributed by atoms with Crippen molar-refractivity contribution in [3.8, 4) is 17.4 Å². The number of nitriles is 1. The second-order valence-corrected chi connectivity index (χ2v) is 6.57. The molecule has 0 radical (unpaired) electrons. The van der Waals surface area contributed by atoms with Crippen molar-refractivity contribution in [1.29, 1.82) is 5.26 Å². The first-order chi connectivity index (χ1) is 14.1. The molecule has 0 spiro atoms. The summed E-state index contributed by atoms with van der Waals surface area (Å²) in [7, 11) is 1.29. The van der Waals surface area contributed by atoms with Crippen LogP contribution in [0, 0.1) is 11.3 Å². The van der Waals surface area contributed by atoms with Crippen molar-refractivity contribution in [3.05, 3.63) is 76.8 Å². The number of nitrogens with zero attached hydrogens (tertiary/aromatic N) is 2. The number of esters is 1. The number of rotatable bonds is 4. The molecule has 0 atom stereocenters.